The third kappa shape index (κ3) is 4.42. The van der Waals surface area contributed by atoms with Crippen LogP contribution in [0.5, 0.6) is 0 Å². The van der Waals surface area contributed by atoms with Gasteiger partial charge in [-0.3, -0.25) is 14.4 Å². The quantitative estimate of drug-likeness (QED) is 0.498. The molecule has 0 saturated heterocycles. The van der Waals surface area contributed by atoms with E-state index < -0.39 is 28.7 Å². The summed E-state index contributed by atoms with van der Waals surface area (Å²) in [7, 11) is 1.60. The molecule has 1 aromatic carbocycles. The molecule has 1 aromatic heterocycles. The summed E-state index contributed by atoms with van der Waals surface area (Å²) in [6.07, 6.45) is 1.82. The van der Waals surface area contributed by atoms with Gasteiger partial charge in [-0.15, -0.1) is 0 Å². The number of hydrogen-bond donors (Lipinski definition) is 2. The third-order valence-electron chi connectivity index (χ3n) is 6.10. The maximum Gasteiger partial charge on any atom is 0.272 e. The Balaban J connectivity index is 1.80. The maximum atomic E-state index is 13.5. The van der Waals surface area contributed by atoms with Gasteiger partial charge in [0, 0.05) is 42.4 Å². The van der Waals surface area contributed by atoms with Crippen molar-refractivity contribution < 1.29 is 23.9 Å². The Kier molecular flexibility index (Phi) is 6.09. The second-order valence-corrected chi connectivity index (χ2v) is 8.36. The van der Waals surface area contributed by atoms with Crippen molar-refractivity contribution in [3.05, 3.63) is 52.6 Å². The van der Waals surface area contributed by atoms with Crippen LogP contribution in [0.25, 0.3) is 0 Å². The number of carbonyl (C=O) groups excluding carboxylic acids is 3. The van der Waals surface area contributed by atoms with Crippen LogP contribution in [0.1, 0.15) is 58.3 Å². The van der Waals surface area contributed by atoms with Crippen LogP contribution < -0.4 is 5.32 Å². The molecule has 3 rings (SSSR count). The number of rotatable bonds is 8. The van der Waals surface area contributed by atoms with Crippen molar-refractivity contribution in [1.82, 2.24) is 4.57 Å². The van der Waals surface area contributed by atoms with Gasteiger partial charge in [-0.1, -0.05) is 6.92 Å². The zero-order valence-electron chi connectivity index (χ0n) is 17.7. The van der Waals surface area contributed by atoms with E-state index in [9.17, 15) is 23.9 Å². The van der Waals surface area contributed by atoms with Gasteiger partial charge in [-0.05, 0) is 49.9 Å². The average Bonchev–Trinajstić information content (AvgIpc) is 3.56. The van der Waals surface area contributed by atoms with E-state index in [-0.39, 0.29) is 41.5 Å². The molecule has 1 aliphatic carbocycles. The van der Waals surface area contributed by atoms with Crippen LogP contribution in [-0.4, -0.2) is 33.8 Å². The van der Waals surface area contributed by atoms with Crippen LogP contribution >= 0.6 is 0 Å². The van der Waals surface area contributed by atoms with Gasteiger partial charge in [0.1, 0.15) is 17.6 Å². The highest BCUT2D eigenvalue weighted by Crippen LogP contribution is 2.47. The molecule has 1 unspecified atom stereocenters. The molecule has 1 fully saturated rings. The zero-order valence-corrected chi connectivity index (χ0v) is 17.7. The predicted octanol–water partition coefficient (Wildman–Crippen LogP) is 3.15. The van der Waals surface area contributed by atoms with Crippen molar-refractivity contribution in [2.45, 2.75) is 33.1 Å². The molecule has 0 spiro atoms. The van der Waals surface area contributed by atoms with Gasteiger partial charge < -0.3 is 15.0 Å². The highest BCUT2D eigenvalue weighted by molar-refractivity contribution is 6.44. The van der Waals surface area contributed by atoms with Crippen LogP contribution in [0.3, 0.4) is 0 Å². The van der Waals surface area contributed by atoms with Crippen LogP contribution in [0, 0.1) is 35.4 Å². The van der Waals surface area contributed by atoms with Crippen molar-refractivity contribution in [2.75, 3.05) is 11.9 Å². The molecule has 2 N–H and O–H groups in total. The van der Waals surface area contributed by atoms with E-state index in [0.29, 0.717) is 5.69 Å². The van der Waals surface area contributed by atoms with Crippen molar-refractivity contribution in [3.63, 3.8) is 0 Å². The number of aliphatic hydroxyl groups is 1. The summed E-state index contributed by atoms with van der Waals surface area (Å²) in [6.45, 7) is 3.28. The molecular weight excluding hydrogens is 401 g/mol. The van der Waals surface area contributed by atoms with E-state index in [1.54, 1.807) is 20.0 Å². The van der Waals surface area contributed by atoms with Crippen molar-refractivity contribution >= 4 is 23.2 Å². The Hall–Kier alpha value is -3.31. The number of aromatic nitrogens is 1. The Morgan fingerprint density at radius 2 is 2.00 bits per heavy atom. The number of anilines is 1. The highest BCUT2D eigenvalue weighted by Gasteiger charge is 2.43. The lowest BCUT2D eigenvalue weighted by molar-refractivity contribution is -0.118. The molecule has 162 valence electrons. The van der Waals surface area contributed by atoms with Gasteiger partial charge in [-0.2, -0.15) is 5.26 Å². The van der Waals surface area contributed by atoms with Gasteiger partial charge in [0.05, 0.1) is 5.56 Å². The number of nitrogens with zero attached hydrogens (tertiary/aromatic N) is 2. The number of nitrogens with one attached hydrogen (secondary N) is 1. The molecule has 7 nitrogen and oxygen atoms in total. The minimum Gasteiger partial charge on any atom is -0.396 e. The smallest absolute Gasteiger partial charge is 0.272 e. The van der Waals surface area contributed by atoms with Crippen molar-refractivity contribution in [2.24, 2.45) is 18.4 Å². The molecule has 1 heterocycles. The molecule has 2 aromatic rings. The fourth-order valence-corrected chi connectivity index (χ4v) is 3.74. The average molecular weight is 425 g/mol. The van der Waals surface area contributed by atoms with E-state index >= 15 is 0 Å². The van der Waals surface area contributed by atoms with E-state index in [1.165, 1.54) is 22.8 Å². The first-order chi connectivity index (χ1) is 14.6. The fraction of sp³-hybridized carbons (Fsp3) is 0.391. The van der Waals surface area contributed by atoms with Gasteiger partial charge in [-0.25, -0.2) is 4.39 Å². The molecule has 1 saturated carbocycles. The second kappa shape index (κ2) is 8.44. The minimum absolute atomic E-state index is 0.0462. The molecule has 8 heteroatoms. The fourth-order valence-electron chi connectivity index (χ4n) is 3.74. The number of aliphatic hydroxyl groups excluding tert-OH is 1. The molecular formula is C23H24FN3O4. The second-order valence-electron chi connectivity index (χ2n) is 8.36. The van der Waals surface area contributed by atoms with Crippen molar-refractivity contribution in [1.29, 1.82) is 5.26 Å². The molecule has 0 radical (unpaired) electrons. The summed E-state index contributed by atoms with van der Waals surface area (Å²) in [5.74, 6) is -2.31. The Morgan fingerprint density at radius 3 is 2.58 bits per heavy atom. The Labute approximate surface area is 179 Å². The zero-order chi connectivity index (χ0) is 22.9. The number of benzene rings is 1. The van der Waals surface area contributed by atoms with E-state index in [1.807, 2.05) is 6.92 Å². The molecule has 1 aliphatic rings. The van der Waals surface area contributed by atoms with Crippen LogP contribution in [0.4, 0.5) is 10.1 Å². The van der Waals surface area contributed by atoms with E-state index in [2.05, 4.69) is 5.32 Å². The standard InChI is InChI=1S/C23H24FN3O4/c1-13-17(21(30)20(29)10-23(2,12-28)15-4-5-15)9-19(27(13)3)22(31)26-16-6-7-18(24)14(8-16)11-25/h6-9,15,28H,4-5,10,12H2,1-3H3,(H,26,31). The van der Waals surface area contributed by atoms with Gasteiger partial charge in [0.2, 0.25) is 11.6 Å². The van der Waals surface area contributed by atoms with E-state index in [4.69, 9.17) is 5.26 Å². The van der Waals surface area contributed by atoms with Gasteiger partial charge in [0.25, 0.3) is 5.91 Å². The minimum atomic E-state index is -0.693. The predicted molar refractivity (Wildman–Crippen MR) is 111 cm³/mol. The summed E-state index contributed by atoms with van der Waals surface area (Å²) in [4.78, 5) is 38.2. The van der Waals surface area contributed by atoms with Crippen LogP contribution in [-0.2, 0) is 11.8 Å². The third-order valence-corrected chi connectivity index (χ3v) is 6.10. The molecule has 0 bridgehead atoms. The molecule has 1 atom stereocenters. The maximum absolute atomic E-state index is 13.5. The highest BCUT2D eigenvalue weighted by atomic mass is 19.1. The number of amides is 1. The topological polar surface area (TPSA) is 112 Å². The number of carbonyl (C=O) groups is 3. The van der Waals surface area contributed by atoms with Gasteiger partial charge in [0.15, 0.2) is 0 Å². The van der Waals surface area contributed by atoms with Crippen LogP contribution in [0.2, 0.25) is 0 Å². The lowest BCUT2D eigenvalue weighted by atomic mass is 9.79. The lowest BCUT2D eigenvalue weighted by Gasteiger charge is -2.25. The number of ketones is 2. The Bertz CT molecular complexity index is 1110. The van der Waals surface area contributed by atoms with E-state index in [0.717, 1.165) is 18.9 Å². The van der Waals surface area contributed by atoms with Gasteiger partial charge >= 0.3 is 0 Å². The Morgan fingerprint density at radius 1 is 1.32 bits per heavy atom. The molecule has 31 heavy (non-hydrogen) atoms. The monoisotopic (exact) mass is 425 g/mol. The summed E-state index contributed by atoms with van der Waals surface area (Å²) in [6, 6.07) is 6.68. The molecule has 0 aliphatic heterocycles. The van der Waals surface area contributed by atoms with Crippen molar-refractivity contribution in [3.8, 4) is 6.07 Å². The SMILES string of the molecule is Cc1c(C(=O)C(=O)CC(C)(CO)C2CC2)cc(C(=O)Nc2ccc(F)c(C#N)c2)n1C. The first kappa shape index (κ1) is 22.4. The number of halogens is 1. The lowest BCUT2D eigenvalue weighted by Crippen LogP contribution is -2.30. The summed E-state index contributed by atoms with van der Waals surface area (Å²) in [5.41, 5.74) is 0.141. The first-order valence-corrected chi connectivity index (χ1v) is 9.97. The van der Waals surface area contributed by atoms with Crippen LogP contribution in [0.15, 0.2) is 24.3 Å². The normalized spacial score (nSPS) is 15.1. The summed E-state index contributed by atoms with van der Waals surface area (Å²) < 4.78 is 15.0. The number of hydrogen-bond acceptors (Lipinski definition) is 5. The first-order valence-electron chi connectivity index (χ1n) is 9.97. The largest absolute Gasteiger partial charge is 0.396 e. The summed E-state index contributed by atoms with van der Waals surface area (Å²) in [5, 5.41) is 21.2. The molecule has 1 amide bonds. The summed E-state index contributed by atoms with van der Waals surface area (Å²) >= 11 is 0. The number of Topliss-reactive ketones (excluding diaryl/α,β-unsaturated/α-hetero) is 2. The number of nitriles is 1.